The zero-order valence-corrected chi connectivity index (χ0v) is 9.70. The molecule has 0 fully saturated rings. The number of rotatable bonds is 0. The summed E-state index contributed by atoms with van der Waals surface area (Å²) in [5.41, 5.74) is 0. The Bertz CT molecular complexity index is 151. The molecule has 0 saturated heterocycles. The van der Waals surface area contributed by atoms with Crippen LogP contribution in [-0.2, 0) is 17.4 Å². The molecule has 1 rings (SSSR count). The van der Waals surface area contributed by atoms with Gasteiger partial charge in [0, 0.05) is 17.4 Å². The fraction of sp³-hybridized carbons (Fsp3) is 0. The Kier molecular flexibility index (Phi) is 10.1. The molecule has 3 heteroatoms. The minimum atomic E-state index is 0. The van der Waals surface area contributed by atoms with Gasteiger partial charge in [0.15, 0.2) is 0 Å². The Hall–Kier alpha value is 1.03. The molecule has 0 radical (unpaired) electrons. The van der Waals surface area contributed by atoms with Gasteiger partial charge in [-0.15, -0.1) is 0 Å². The largest absolute Gasteiger partial charge is 2.00 e. The van der Waals surface area contributed by atoms with Crippen LogP contribution in [0.3, 0.4) is 0 Å². The number of aromatic hydroxyl groups is 1. The molecule has 0 heterocycles. The van der Waals surface area contributed by atoms with E-state index >= 15 is 0 Å². The summed E-state index contributed by atoms with van der Waals surface area (Å²) in [5, 5.41) is 8.63. The van der Waals surface area contributed by atoms with Crippen LogP contribution in [0.1, 0.15) is 2.85 Å². The maximum atomic E-state index is 8.63. The zero-order chi connectivity index (χ0) is 5.11. The van der Waals surface area contributed by atoms with Crippen LogP contribution in [-0.4, -0.2) is 50.6 Å². The third-order valence-electron chi connectivity index (χ3n) is 0.756. The minimum absolute atomic E-state index is 0. The molecule has 46 valence electrons. The minimum Gasteiger partial charge on any atom is -1.00 e. The van der Waals surface area contributed by atoms with E-state index in [1.54, 1.807) is 24.3 Å². The molecule has 1 N–H and O–H groups in total. The van der Waals surface area contributed by atoms with Gasteiger partial charge in [0.2, 0.25) is 0 Å². The first-order chi connectivity index (χ1) is 3.39. The number of hydrogen-bond acceptors (Lipinski definition) is 1. The van der Waals surface area contributed by atoms with Crippen molar-refractivity contribution in [2.45, 2.75) is 0 Å². The Balaban J connectivity index is -0.0000000612. The van der Waals surface area contributed by atoms with E-state index in [4.69, 9.17) is 5.11 Å². The Morgan fingerprint density at radius 2 is 1.56 bits per heavy atom. The fourth-order valence-electron chi connectivity index (χ4n) is 0.428. The van der Waals surface area contributed by atoms with Gasteiger partial charge in [-0.3, -0.25) is 0 Å². The molecule has 9 heavy (non-hydrogen) atoms. The average Bonchev–Trinajstić information content (AvgIpc) is 1.69. The number of para-hydroxylation sites is 1. The molecular formula is C6H8CrOSr. The molecule has 0 unspecified atom stereocenters. The van der Waals surface area contributed by atoms with E-state index in [-0.39, 0.29) is 65.7 Å². The smallest absolute Gasteiger partial charge is 1.00 e. The van der Waals surface area contributed by atoms with Gasteiger partial charge in [-0.05, 0) is 12.1 Å². The predicted octanol–water partition coefficient (Wildman–Crippen LogP) is 1.23. The molecule has 0 saturated carbocycles. The Labute approximate surface area is 105 Å². The maximum absolute atomic E-state index is 8.63. The number of phenolic OH excluding ortho intramolecular Hbond substituents is 1. The topological polar surface area (TPSA) is 20.2 Å². The van der Waals surface area contributed by atoms with Gasteiger partial charge in [0.05, 0.1) is 0 Å². The average molecular weight is 236 g/mol. The summed E-state index contributed by atoms with van der Waals surface area (Å²) in [5.74, 6) is 0.322. The van der Waals surface area contributed by atoms with Crippen molar-refractivity contribution in [3.63, 3.8) is 0 Å². The summed E-state index contributed by atoms with van der Waals surface area (Å²) < 4.78 is 0. The summed E-state index contributed by atoms with van der Waals surface area (Å²) in [7, 11) is 0. The summed E-state index contributed by atoms with van der Waals surface area (Å²) in [6.07, 6.45) is 0. The van der Waals surface area contributed by atoms with Crippen molar-refractivity contribution in [3.8, 4) is 5.75 Å². The number of hydrogen-bond donors (Lipinski definition) is 1. The SMILES string of the molecule is Oc1ccccc1.[Cr].[H-].[H-].[Sr+2]. The van der Waals surface area contributed by atoms with Crippen LogP contribution in [0.5, 0.6) is 5.75 Å². The number of benzene rings is 1. The van der Waals surface area contributed by atoms with Gasteiger partial charge in [-0.2, -0.15) is 0 Å². The van der Waals surface area contributed by atoms with Crippen molar-refractivity contribution in [1.82, 2.24) is 0 Å². The van der Waals surface area contributed by atoms with Crippen molar-refractivity contribution >= 4 is 45.5 Å². The molecule has 0 atom stereocenters. The van der Waals surface area contributed by atoms with Crippen molar-refractivity contribution in [1.29, 1.82) is 0 Å². The monoisotopic (exact) mass is 236 g/mol. The Morgan fingerprint density at radius 1 is 1.11 bits per heavy atom. The summed E-state index contributed by atoms with van der Waals surface area (Å²) in [6.45, 7) is 0. The second-order valence-corrected chi connectivity index (χ2v) is 1.34. The van der Waals surface area contributed by atoms with Crippen molar-refractivity contribution in [2.75, 3.05) is 0 Å². The first-order valence-corrected chi connectivity index (χ1v) is 2.13. The van der Waals surface area contributed by atoms with Gasteiger partial charge in [-0.1, -0.05) is 18.2 Å². The van der Waals surface area contributed by atoms with Gasteiger partial charge in [0.1, 0.15) is 5.75 Å². The van der Waals surface area contributed by atoms with Crippen LogP contribution >= 0.6 is 0 Å². The van der Waals surface area contributed by atoms with Crippen LogP contribution in [0.15, 0.2) is 30.3 Å². The van der Waals surface area contributed by atoms with Crippen LogP contribution < -0.4 is 0 Å². The fourth-order valence-corrected chi connectivity index (χ4v) is 0.428. The predicted molar refractivity (Wildman–Crippen MR) is 36.1 cm³/mol. The van der Waals surface area contributed by atoms with Crippen LogP contribution in [0.2, 0.25) is 0 Å². The molecule has 0 aliphatic rings. The van der Waals surface area contributed by atoms with Gasteiger partial charge in [0.25, 0.3) is 0 Å². The zero-order valence-electron chi connectivity index (χ0n) is 6.95. The molecule has 0 aliphatic carbocycles. The standard InChI is InChI=1S/C6H6O.Cr.Sr.2H/c7-6-4-2-1-3-5-6;;;;/h1-5,7H;;;;/q;;+2;2*-1. The van der Waals surface area contributed by atoms with Gasteiger partial charge in [-0.25, -0.2) is 0 Å². The molecule has 0 spiro atoms. The third kappa shape index (κ3) is 5.48. The molecule has 1 nitrogen and oxygen atoms in total. The second kappa shape index (κ2) is 7.14. The molecule has 1 aromatic rings. The van der Waals surface area contributed by atoms with Gasteiger partial charge >= 0.3 is 45.5 Å². The van der Waals surface area contributed by atoms with E-state index < -0.39 is 0 Å². The molecule has 0 aliphatic heterocycles. The first kappa shape index (κ1) is 12.7. The number of phenols is 1. The van der Waals surface area contributed by atoms with Crippen molar-refractivity contribution < 1.29 is 25.3 Å². The normalized spacial score (nSPS) is 6.67. The van der Waals surface area contributed by atoms with E-state index in [0.29, 0.717) is 5.75 Å². The maximum Gasteiger partial charge on any atom is 2.00 e. The van der Waals surface area contributed by atoms with Crippen molar-refractivity contribution in [3.05, 3.63) is 30.3 Å². The third-order valence-corrected chi connectivity index (χ3v) is 0.756. The van der Waals surface area contributed by atoms with E-state index in [0.717, 1.165) is 0 Å². The van der Waals surface area contributed by atoms with E-state index in [2.05, 4.69) is 0 Å². The quantitative estimate of drug-likeness (QED) is 0.671. The summed E-state index contributed by atoms with van der Waals surface area (Å²) in [4.78, 5) is 0. The molecule has 0 amide bonds. The Morgan fingerprint density at radius 3 is 1.78 bits per heavy atom. The van der Waals surface area contributed by atoms with Crippen LogP contribution in [0, 0.1) is 0 Å². The first-order valence-electron chi connectivity index (χ1n) is 2.13. The molecule has 0 aromatic heterocycles. The molecular weight excluding hydrogens is 228 g/mol. The molecule has 0 bridgehead atoms. The van der Waals surface area contributed by atoms with Crippen LogP contribution in [0.25, 0.3) is 0 Å². The van der Waals surface area contributed by atoms with E-state index in [1.165, 1.54) is 0 Å². The van der Waals surface area contributed by atoms with E-state index in [9.17, 15) is 0 Å². The summed E-state index contributed by atoms with van der Waals surface area (Å²) >= 11 is 0. The van der Waals surface area contributed by atoms with Gasteiger partial charge < -0.3 is 7.96 Å². The van der Waals surface area contributed by atoms with Crippen molar-refractivity contribution in [2.24, 2.45) is 0 Å². The van der Waals surface area contributed by atoms with E-state index in [1.807, 2.05) is 6.07 Å². The van der Waals surface area contributed by atoms with Crippen LogP contribution in [0.4, 0.5) is 0 Å². The molecule has 1 aromatic carbocycles. The second-order valence-electron chi connectivity index (χ2n) is 1.34. The summed E-state index contributed by atoms with van der Waals surface area (Å²) in [6, 6.07) is 8.71.